The molecule has 2 rings (SSSR count). The highest BCUT2D eigenvalue weighted by Gasteiger charge is 2.16. The number of aromatic nitrogens is 2. The van der Waals surface area contributed by atoms with E-state index in [2.05, 4.69) is 29.1 Å². The van der Waals surface area contributed by atoms with Crippen LogP contribution in [0.15, 0.2) is 12.4 Å². The lowest BCUT2D eigenvalue weighted by Crippen LogP contribution is -2.20. The Labute approximate surface area is 116 Å². The van der Waals surface area contributed by atoms with Crippen LogP contribution in [0.3, 0.4) is 0 Å². The van der Waals surface area contributed by atoms with Crippen LogP contribution in [0.2, 0.25) is 0 Å². The van der Waals surface area contributed by atoms with Crippen molar-refractivity contribution in [2.24, 2.45) is 11.8 Å². The molecule has 0 saturated heterocycles. The van der Waals surface area contributed by atoms with Gasteiger partial charge in [0.1, 0.15) is 0 Å². The monoisotopic (exact) mass is 263 g/mol. The first-order valence-corrected chi connectivity index (χ1v) is 7.38. The molecule has 4 nitrogen and oxygen atoms in total. The van der Waals surface area contributed by atoms with E-state index >= 15 is 0 Å². The Morgan fingerprint density at radius 2 is 2.21 bits per heavy atom. The summed E-state index contributed by atoms with van der Waals surface area (Å²) in [5, 5.41) is 3.36. The Hall–Kier alpha value is -1.16. The molecule has 0 aliphatic heterocycles. The zero-order valence-corrected chi connectivity index (χ0v) is 12.1. The Kier molecular flexibility index (Phi) is 5.58. The molecule has 0 radical (unpaired) electrons. The smallest absolute Gasteiger partial charge is 0.232 e. The fraction of sp³-hybridized carbons (Fsp3) is 0.733. The molecular weight excluding hydrogens is 238 g/mol. The van der Waals surface area contributed by atoms with Crippen molar-refractivity contribution in [3.63, 3.8) is 0 Å². The van der Waals surface area contributed by atoms with E-state index in [0.717, 1.165) is 37.7 Å². The van der Waals surface area contributed by atoms with Crippen molar-refractivity contribution >= 4 is 0 Å². The minimum Gasteiger partial charge on any atom is -0.477 e. The van der Waals surface area contributed by atoms with E-state index in [0.29, 0.717) is 11.8 Å². The summed E-state index contributed by atoms with van der Waals surface area (Å²) in [5.41, 5.74) is 0.946. The molecule has 0 unspecified atom stereocenters. The first-order valence-electron chi connectivity index (χ1n) is 7.38. The predicted molar refractivity (Wildman–Crippen MR) is 76.0 cm³/mol. The van der Waals surface area contributed by atoms with Crippen molar-refractivity contribution in [3.05, 3.63) is 18.1 Å². The third-order valence-corrected chi connectivity index (χ3v) is 3.52. The standard InChI is InChI=1S/C15H25N3O/c1-12(2)8-16-9-14-10-17-11-15(18-14)19-7-6-13-4-3-5-13/h10-13,16H,3-9H2,1-2H3. The maximum atomic E-state index is 5.68. The molecule has 0 atom stereocenters. The van der Waals surface area contributed by atoms with E-state index < -0.39 is 0 Å². The zero-order valence-electron chi connectivity index (χ0n) is 12.1. The van der Waals surface area contributed by atoms with E-state index in [9.17, 15) is 0 Å². The highest BCUT2D eigenvalue weighted by molar-refractivity contribution is 5.08. The zero-order chi connectivity index (χ0) is 13.5. The minimum absolute atomic E-state index is 0.648. The number of hydrogen-bond donors (Lipinski definition) is 1. The molecule has 1 aliphatic carbocycles. The number of ether oxygens (including phenoxy) is 1. The highest BCUT2D eigenvalue weighted by atomic mass is 16.5. The number of hydrogen-bond acceptors (Lipinski definition) is 4. The Morgan fingerprint density at radius 1 is 1.37 bits per heavy atom. The number of nitrogens with zero attached hydrogens (tertiary/aromatic N) is 2. The Bertz CT molecular complexity index is 377. The van der Waals surface area contributed by atoms with Crippen LogP contribution >= 0.6 is 0 Å². The number of rotatable bonds is 8. The molecule has 0 spiro atoms. The summed E-state index contributed by atoms with van der Waals surface area (Å²) in [6, 6.07) is 0. The molecule has 106 valence electrons. The first-order chi connectivity index (χ1) is 9.24. The van der Waals surface area contributed by atoms with E-state index in [1.54, 1.807) is 12.4 Å². The van der Waals surface area contributed by atoms with E-state index in [4.69, 9.17) is 4.74 Å². The molecule has 19 heavy (non-hydrogen) atoms. The van der Waals surface area contributed by atoms with Gasteiger partial charge >= 0.3 is 0 Å². The van der Waals surface area contributed by atoms with Crippen molar-refractivity contribution < 1.29 is 4.74 Å². The van der Waals surface area contributed by atoms with Crippen molar-refractivity contribution in [2.75, 3.05) is 13.2 Å². The molecule has 1 aliphatic rings. The van der Waals surface area contributed by atoms with Gasteiger partial charge < -0.3 is 10.1 Å². The Morgan fingerprint density at radius 3 is 2.89 bits per heavy atom. The molecule has 1 aromatic heterocycles. The first kappa shape index (κ1) is 14.3. The fourth-order valence-corrected chi connectivity index (χ4v) is 2.14. The third-order valence-electron chi connectivity index (χ3n) is 3.52. The summed E-state index contributed by atoms with van der Waals surface area (Å²) in [7, 11) is 0. The Balaban J connectivity index is 1.71. The van der Waals surface area contributed by atoms with Gasteiger partial charge in [-0.3, -0.25) is 4.98 Å². The summed E-state index contributed by atoms with van der Waals surface area (Å²) in [5.74, 6) is 2.18. The van der Waals surface area contributed by atoms with Gasteiger partial charge in [0.25, 0.3) is 0 Å². The molecule has 1 N–H and O–H groups in total. The molecule has 4 heteroatoms. The average molecular weight is 263 g/mol. The van der Waals surface area contributed by atoms with Gasteiger partial charge in [0.2, 0.25) is 5.88 Å². The van der Waals surface area contributed by atoms with E-state index in [1.807, 2.05) is 0 Å². The fourth-order valence-electron chi connectivity index (χ4n) is 2.14. The lowest BCUT2D eigenvalue weighted by molar-refractivity contribution is 0.216. The van der Waals surface area contributed by atoms with Gasteiger partial charge in [-0.15, -0.1) is 0 Å². The van der Waals surface area contributed by atoms with Gasteiger partial charge in [0.05, 0.1) is 18.5 Å². The van der Waals surface area contributed by atoms with E-state index in [1.165, 1.54) is 19.3 Å². The second-order valence-electron chi connectivity index (χ2n) is 5.81. The largest absolute Gasteiger partial charge is 0.477 e. The van der Waals surface area contributed by atoms with Crippen molar-refractivity contribution in [3.8, 4) is 5.88 Å². The molecule has 0 bridgehead atoms. The van der Waals surface area contributed by atoms with Gasteiger partial charge in [-0.05, 0) is 24.8 Å². The molecule has 1 aromatic rings. The lowest BCUT2D eigenvalue weighted by Gasteiger charge is -2.24. The number of nitrogens with one attached hydrogen (secondary N) is 1. The summed E-state index contributed by atoms with van der Waals surface area (Å²) in [4.78, 5) is 8.65. The molecule has 1 heterocycles. The van der Waals surface area contributed by atoms with Crippen LogP contribution in [0.25, 0.3) is 0 Å². The van der Waals surface area contributed by atoms with Gasteiger partial charge in [-0.25, -0.2) is 4.98 Å². The predicted octanol–water partition coefficient (Wildman–Crippen LogP) is 2.79. The molecular formula is C15H25N3O. The quantitative estimate of drug-likeness (QED) is 0.783. The third kappa shape index (κ3) is 5.15. The average Bonchev–Trinajstić information content (AvgIpc) is 2.32. The van der Waals surface area contributed by atoms with Crippen LogP contribution in [0.4, 0.5) is 0 Å². The second kappa shape index (κ2) is 7.43. The summed E-state index contributed by atoms with van der Waals surface area (Å²) < 4.78 is 5.68. The summed E-state index contributed by atoms with van der Waals surface area (Å²) >= 11 is 0. The van der Waals surface area contributed by atoms with Crippen LogP contribution in [0.5, 0.6) is 5.88 Å². The van der Waals surface area contributed by atoms with Gasteiger partial charge in [0, 0.05) is 12.7 Å². The lowest BCUT2D eigenvalue weighted by atomic mass is 9.83. The molecule has 1 fully saturated rings. The molecule has 1 saturated carbocycles. The topological polar surface area (TPSA) is 47.0 Å². The van der Waals surface area contributed by atoms with Crippen LogP contribution in [-0.2, 0) is 6.54 Å². The SMILES string of the molecule is CC(C)CNCc1cncc(OCCC2CCC2)n1. The summed E-state index contributed by atoms with van der Waals surface area (Å²) in [6.07, 6.45) is 8.78. The van der Waals surface area contributed by atoms with Crippen LogP contribution in [0, 0.1) is 11.8 Å². The van der Waals surface area contributed by atoms with Crippen molar-refractivity contribution in [2.45, 2.75) is 46.1 Å². The van der Waals surface area contributed by atoms with Crippen molar-refractivity contribution in [1.29, 1.82) is 0 Å². The van der Waals surface area contributed by atoms with Gasteiger partial charge in [0.15, 0.2) is 0 Å². The summed E-state index contributed by atoms with van der Waals surface area (Å²) in [6.45, 7) is 6.90. The van der Waals surface area contributed by atoms with Crippen LogP contribution in [0.1, 0.15) is 45.2 Å². The van der Waals surface area contributed by atoms with Gasteiger partial charge in [-0.1, -0.05) is 33.1 Å². The van der Waals surface area contributed by atoms with Gasteiger partial charge in [-0.2, -0.15) is 0 Å². The normalized spacial score (nSPS) is 15.5. The molecule has 0 aromatic carbocycles. The van der Waals surface area contributed by atoms with Crippen LogP contribution < -0.4 is 10.1 Å². The van der Waals surface area contributed by atoms with Crippen molar-refractivity contribution in [1.82, 2.24) is 15.3 Å². The molecule has 0 amide bonds. The van der Waals surface area contributed by atoms with Crippen LogP contribution in [-0.4, -0.2) is 23.1 Å². The maximum Gasteiger partial charge on any atom is 0.232 e. The highest BCUT2D eigenvalue weighted by Crippen LogP contribution is 2.29. The van der Waals surface area contributed by atoms with E-state index in [-0.39, 0.29) is 0 Å². The minimum atomic E-state index is 0.648. The second-order valence-corrected chi connectivity index (χ2v) is 5.81. The maximum absolute atomic E-state index is 5.68.